The average Bonchev–Trinajstić information content (AvgIpc) is 3.05. The number of nitrogens with one attached hydrogen (secondary N) is 1. The highest BCUT2D eigenvalue weighted by Crippen LogP contribution is 2.21. The number of benzene rings is 1. The first-order valence-corrected chi connectivity index (χ1v) is 8.69. The predicted octanol–water partition coefficient (Wildman–Crippen LogP) is 1.75. The van der Waals surface area contributed by atoms with Gasteiger partial charge in [-0.2, -0.15) is 0 Å². The molecule has 1 aliphatic heterocycles. The zero-order valence-electron chi connectivity index (χ0n) is 14.0. The molecule has 134 valence electrons. The SMILES string of the molecule is CCc1nc(C(=O)NCC2(O)CCOCC2)nn1-c1ccccc1Cl. The molecule has 0 unspecified atom stereocenters. The normalized spacial score (nSPS) is 16.6. The molecule has 1 aliphatic rings. The second kappa shape index (κ2) is 7.51. The van der Waals surface area contributed by atoms with Crippen LogP contribution >= 0.6 is 11.6 Å². The van der Waals surface area contributed by atoms with Crippen LogP contribution < -0.4 is 5.32 Å². The van der Waals surface area contributed by atoms with Crippen LogP contribution in [0.3, 0.4) is 0 Å². The summed E-state index contributed by atoms with van der Waals surface area (Å²) in [5.41, 5.74) is -0.261. The zero-order valence-corrected chi connectivity index (χ0v) is 14.8. The Morgan fingerprint density at radius 1 is 1.40 bits per heavy atom. The monoisotopic (exact) mass is 364 g/mol. The van der Waals surface area contributed by atoms with Crippen molar-refractivity contribution in [1.29, 1.82) is 0 Å². The standard InChI is InChI=1S/C17H21ClN4O3/c1-2-14-20-15(21-22(14)13-6-4-3-5-12(13)18)16(23)19-11-17(24)7-9-25-10-8-17/h3-6,24H,2,7-11H2,1H3,(H,19,23). The molecule has 8 heteroatoms. The number of carbonyl (C=O) groups is 1. The fourth-order valence-corrected chi connectivity index (χ4v) is 2.95. The lowest BCUT2D eigenvalue weighted by atomic mass is 9.94. The molecule has 0 atom stereocenters. The van der Waals surface area contributed by atoms with Gasteiger partial charge >= 0.3 is 0 Å². The van der Waals surface area contributed by atoms with Crippen LogP contribution in [0.2, 0.25) is 5.02 Å². The molecule has 0 aliphatic carbocycles. The van der Waals surface area contributed by atoms with Gasteiger partial charge in [0.2, 0.25) is 5.82 Å². The molecular formula is C17H21ClN4O3. The lowest BCUT2D eigenvalue weighted by Gasteiger charge is -2.31. The van der Waals surface area contributed by atoms with Gasteiger partial charge in [-0.05, 0) is 12.1 Å². The third-order valence-corrected chi connectivity index (χ3v) is 4.60. The number of hydrogen-bond acceptors (Lipinski definition) is 5. The molecule has 1 fully saturated rings. The van der Waals surface area contributed by atoms with Crippen LogP contribution in [0.15, 0.2) is 24.3 Å². The topological polar surface area (TPSA) is 89.3 Å². The second-order valence-electron chi connectivity index (χ2n) is 6.09. The summed E-state index contributed by atoms with van der Waals surface area (Å²) in [6.45, 7) is 3.07. The third kappa shape index (κ3) is 4.00. The highest BCUT2D eigenvalue weighted by molar-refractivity contribution is 6.32. The first-order chi connectivity index (χ1) is 12.0. The number of nitrogens with zero attached hydrogens (tertiary/aromatic N) is 3. The molecule has 25 heavy (non-hydrogen) atoms. The lowest BCUT2D eigenvalue weighted by molar-refractivity contribution is -0.0605. The van der Waals surface area contributed by atoms with Crippen molar-refractivity contribution in [2.75, 3.05) is 19.8 Å². The Labute approximate surface area is 151 Å². The Hall–Kier alpha value is -1.96. The number of aliphatic hydroxyl groups is 1. The van der Waals surface area contributed by atoms with Crippen molar-refractivity contribution in [3.63, 3.8) is 0 Å². The van der Waals surface area contributed by atoms with Gasteiger partial charge in [0, 0.05) is 39.0 Å². The minimum atomic E-state index is -0.938. The van der Waals surface area contributed by atoms with Crippen molar-refractivity contribution in [3.8, 4) is 5.69 Å². The first-order valence-electron chi connectivity index (χ1n) is 8.31. The maximum atomic E-state index is 12.4. The number of amides is 1. The summed E-state index contributed by atoms with van der Waals surface area (Å²) in [5, 5.41) is 18.0. The number of halogens is 1. The maximum Gasteiger partial charge on any atom is 0.291 e. The molecule has 1 amide bonds. The van der Waals surface area contributed by atoms with Gasteiger partial charge in [-0.15, -0.1) is 5.10 Å². The number of rotatable bonds is 5. The van der Waals surface area contributed by atoms with Crippen LogP contribution in [-0.2, 0) is 11.2 Å². The summed E-state index contributed by atoms with van der Waals surface area (Å²) in [6, 6.07) is 7.26. The average molecular weight is 365 g/mol. The summed E-state index contributed by atoms with van der Waals surface area (Å²) < 4.78 is 6.82. The first kappa shape index (κ1) is 17.8. The van der Waals surface area contributed by atoms with E-state index in [1.54, 1.807) is 10.7 Å². The van der Waals surface area contributed by atoms with Crippen molar-refractivity contribution in [3.05, 3.63) is 40.9 Å². The molecule has 0 radical (unpaired) electrons. The number of hydrogen-bond donors (Lipinski definition) is 2. The van der Waals surface area contributed by atoms with E-state index in [4.69, 9.17) is 16.3 Å². The van der Waals surface area contributed by atoms with Gasteiger partial charge < -0.3 is 15.2 Å². The lowest BCUT2D eigenvalue weighted by Crippen LogP contribution is -2.46. The zero-order chi connectivity index (χ0) is 17.9. The number of aryl methyl sites for hydroxylation is 1. The molecule has 0 spiro atoms. The predicted molar refractivity (Wildman–Crippen MR) is 93.1 cm³/mol. The van der Waals surface area contributed by atoms with Crippen molar-refractivity contribution in [2.45, 2.75) is 31.8 Å². The number of ether oxygens (including phenoxy) is 1. The van der Waals surface area contributed by atoms with E-state index in [1.165, 1.54) is 0 Å². The van der Waals surface area contributed by atoms with Crippen LogP contribution in [0.5, 0.6) is 0 Å². The molecule has 1 aromatic carbocycles. The van der Waals surface area contributed by atoms with E-state index in [-0.39, 0.29) is 12.4 Å². The molecule has 2 heterocycles. The fourth-order valence-electron chi connectivity index (χ4n) is 2.74. The van der Waals surface area contributed by atoms with Crippen LogP contribution in [0, 0.1) is 0 Å². The van der Waals surface area contributed by atoms with Crippen LogP contribution in [0.25, 0.3) is 5.69 Å². The molecule has 2 aromatic rings. The maximum absolute atomic E-state index is 12.4. The van der Waals surface area contributed by atoms with Gasteiger partial charge in [0.15, 0.2) is 0 Å². The molecule has 7 nitrogen and oxygen atoms in total. The molecule has 0 saturated carbocycles. The van der Waals surface area contributed by atoms with E-state index in [2.05, 4.69) is 15.4 Å². The highest BCUT2D eigenvalue weighted by atomic mass is 35.5. The summed E-state index contributed by atoms with van der Waals surface area (Å²) in [6.07, 6.45) is 1.59. The quantitative estimate of drug-likeness (QED) is 0.843. The summed E-state index contributed by atoms with van der Waals surface area (Å²) >= 11 is 6.22. The van der Waals surface area contributed by atoms with E-state index in [0.29, 0.717) is 49.0 Å². The van der Waals surface area contributed by atoms with E-state index in [0.717, 1.165) is 0 Å². The largest absolute Gasteiger partial charge is 0.388 e. The van der Waals surface area contributed by atoms with Crippen LogP contribution in [-0.4, -0.2) is 51.1 Å². The Morgan fingerprint density at radius 2 is 2.12 bits per heavy atom. The molecule has 2 N–H and O–H groups in total. The highest BCUT2D eigenvalue weighted by Gasteiger charge is 2.30. The van der Waals surface area contributed by atoms with E-state index in [9.17, 15) is 9.90 Å². The molecule has 1 saturated heterocycles. The van der Waals surface area contributed by atoms with Gasteiger partial charge in [0.25, 0.3) is 5.91 Å². The molecule has 0 bridgehead atoms. The second-order valence-corrected chi connectivity index (χ2v) is 6.49. The molecule has 3 rings (SSSR count). The Morgan fingerprint density at radius 3 is 2.80 bits per heavy atom. The van der Waals surface area contributed by atoms with Crippen LogP contribution in [0.1, 0.15) is 36.2 Å². The van der Waals surface area contributed by atoms with Crippen molar-refractivity contribution < 1.29 is 14.6 Å². The summed E-state index contributed by atoms with van der Waals surface area (Å²) in [5.74, 6) is 0.288. The van der Waals surface area contributed by atoms with Gasteiger partial charge in [-0.25, -0.2) is 9.67 Å². The number of para-hydroxylation sites is 1. The fraction of sp³-hybridized carbons (Fsp3) is 0.471. The molecule has 1 aromatic heterocycles. The summed E-state index contributed by atoms with van der Waals surface area (Å²) in [4.78, 5) is 16.7. The van der Waals surface area contributed by atoms with Crippen molar-refractivity contribution in [1.82, 2.24) is 20.1 Å². The Kier molecular flexibility index (Phi) is 5.36. The van der Waals surface area contributed by atoms with Gasteiger partial charge in [0.1, 0.15) is 5.82 Å². The van der Waals surface area contributed by atoms with E-state index < -0.39 is 11.5 Å². The minimum Gasteiger partial charge on any atom is -0.388 e. The Balaban J connectivity index is 1.76. The third-order valence-electron chi connectivity index (χ3n) is 4.28. The number of aromatic nitrogens is 3. The van der Waals surface area contributed by atoms with Crippen LogP contribution in [0.4, 0.5) is 0 Å². The van der Waals surface area contributed by atoms with Gasteiger partial charge in [-0.1, -0.05) is 30.7 Å². The summed E-state index contributed by atoms with van der Waals surface area (Å²) in [7, 11) is 0. The Bertz CT molecular complexity index is 756. The van der Waals surface area contributed by atoms with Crippen molar-refractivity contribution >= 4 is 17.5 Å². The minimum absolute atomic E-state index is 0.0624. The van der Waals surface area contributed by atoms with E-state index >= 15 is 0 Å². The van der Waals surface area contributed by atoms with Gasteiger partial charge in [-0.3, -0.25) is 4.79 Å². The number of carbonyl (C=O) groups excluding carboxylic acids is 1. The van der Waals surface area contributed by atoms with E-state index in [1.807, 2.05) is 25.1 Å². The molecular weight excluding hydrogens is 344 g/mol. The van der Waals surface area contributed by atoms with Gasteiger partial charge in [0.05, 0.1) is 16.3 Å². The smallest absolute Gasteiger partial charge is 0.291 e. The van der Waals surface area contributed by atoms with Crippen molar-refractivity contribution in [2.24, 2.45) is 0 Å².